The molecule has 0 unspecified atom stereocenters. The van der Waals surface area contributed by atoms with Crippen molar-refractivity contribution in [2.24, 2.45) is 5.92 Å². The summed E-state index contributed by atoms with van der Waals surface area (Å²) in [5.74, 6) is 2.14. The third kappa shape index (κ3) is 3.80. The van der Waals surface area contributed by atoms with E-state index in [2.05, 4.69) is 9.97 Å². The van der Waals surface area contributed by atoms with Crippen molar-refractivity contribution in [1.29, 1.82) is 0 Å². The van der Waals surface area contributed by atoms with Crippen LogP contribution in [-0.2, 0) is 4.74 Å². The summed E-state index contributed by atoms with van der Waals surface area (Å²) in [6, 6.07) is 0. The molecule has 1 aromatic heterocycles. The molecule has 0 aliphatic carbocycles. The molecule has 0 N–H and O–H groups in total. The van der Waals surface area contributed by atoms with Crippen molar-refractivity contribution in [2.75, 3.05) is 19.8 Å². The molecule has 0 bridgehead atoms. The maximum Gasteiger partial charge on any atom is 0.221 e. The standard InChI is InChI=1S/C14H21ClN2O2/c1-9(2)13-16-12(15)10(3)14(17-13)19-8-11-4-6-18-7-5-11/h9,11H,4-8H2,1-3H3. The Bertz CT molecular complexity index is 432. The molecule has 1 saturated heterocycles. The molecule has 2 heterocycles. The Labute approximate surface area is 119 Å². The molecule has 2 rings (SSSR count). The van der Waals surface area contributed by atoms with Crippen LogP contribution in [0.4, 0.5) is 0 Å². The molecular weight excluding hydrogens is 264 g/mol. The Kier molecular flexibility index (Phi) is 4.99. The summed E-state index contributed by atoms with van der Waals surface area (Å²) in [5, 5.41) is 0.487. The Balaban J connectivity index is 2.05. The third-order valence-electron chi connectivity index (χ3n) is 3.37. The van der Waals surface area contributed by atoms with Crippen LogP contribution >= 0.6 is 11.6 Å². The van der Waals surface area contributed by atoms with E-state index in [0.717, 1.165) is 37.4 Å². The van der Waals surface area contributed by atoms with Crippen molar-refractivity contribution < 1.29 is 9.47 Å². The van der Waals surface area contributed by atoms with E-state index in [1.165, 1.54) is 0 Å². The summed E-state index contributed by atoms with van der Waals surface area (Å²) in [6.45, 7) is 8.32. The molecule has 1 aliphatic heterocycles. The first-order valence-corrected chi connectivity index (χ1v) is 7.20. The average Bonchev–Trinajstić information content (AvgIpc) is 2.41. The van der Waals surface area contributed by atoms with Crippen LogP contribution in [0.25, 0.3) is 0 Å². The summed E-state index contributed by atoms with van der Waals surface area (Å²) < 4.78 is 11.2. The fourth-order valence-electron chi connectivity index (χ4n) is 1.99. The first-order valence-electron chi connectivity index (χ1n) is 6.82. The Morgan fingerprint density at radius 1 is 1.32 bits per heavy atom. The lowest BCUT2D eigenvalue weighted by molar-refractivity contribution is 0.0488. The van der Waals surface area contributed by atoms with Gasteiger partial charge in [0, 0.05) is 24.7 Å². The van der Waals surface area contributed by atoms with Gasteiger partial charge >= 0.3 is 0 Å². The van der Waals surface area contributed by atoms with E-state index < -0.39 is 0 Å². The van der Waals surface area contributed by atoms with Crippen LogP contribution in [0, 0.1) is 12.8 Å². The second-order valence-corrected chi connectivity index (χ2v) is 5.68. The van der Waals surface area contributed by atoms with Gasteiger partial charge in [0.2, 0.25) is 5.88 Å². The van der Waals surface area contributed by atoms with Crippen molar-refractivity contribution in [3.8, 4) is 5.88 Å². The van der Waals surface area contributed by atoms with Crippen LogP contribution < -0.4 is 4.74 Å². The van der Waals surface area contributed by atoms with Crippen molar-refractivity contribution >= 4 is 11.6 Å². The highest BCUT2D eigenvalue weighted by Gasteiger charge is 2.17. The van der Waals surface area contributed by atoms with E-state index in [4.69, 9.17) is 21.1 Å². The Morgan fingerprint density at radius 2 is 2.00 bits per heavy atom. The molecule has 0 atom stereocenters. The zero-order valence-electron chi connectivity index (χ0n) is 11.8. The number of halogens is 1. The molecule has 0 aromatic carbocycles. The van der Waals surface area contributed by atoms with E-state index in [1.54, 1.807) is 0 Å². The highest BCUT2D eigenvalue weighted by Crippen LogP contribution is 2.26. The number of ether oxygens (including phenoxy) is 2. The van der Waals surface area contributed by atoms with Crippen molar-refractivity contribution in [3.63, 3.8) is 0 Å². The second-order valence-electron chi connectivity index (χ2n) is 5.32. The Morgan fingerprint density at radius 3 is 2.63 bits per heavy atom. The monoisotopic (exact) mass is 284 g/mol. The first kappa shape index (κ1) is 14.5. The molecule has 1 fully saturated rings. The van der Waals surface area contributed by atoms with Crippen LogP contribution in [0.2, 0.25) is 5.15 Å². The van der Waals surface area contributed by atoms with E-state index in [9.17, 15) is 0 Å². The lowest BCUT2D eigenvalue weighted by Crippen LogP contribution is -2.22. The molecule has 1 aliphatic rings. The van der Waals surface area contributed by atoms with Gasteiger partial charge in [-0.1, -0.05) is 25.4 Å². The van der Waals surface area contributed by atoms with Crippen LogP contribution in [0.1, 0.15) is 44.0 Å². The number of rotatable bonds is 4. The fraction of sp³-hybridized carbons (Fsp3) is 0.714. The van der Waals surface area contributed by atoms with Gasteiger partial charge in [0.05, 0.1) is 6.61 Å². The summed E-state index contributed by atoms with van der Waals surface area (Å²) in [6.07, 6.45) is 2.10. The minimum Gasteiger partial charge on any atom is -0.477 e. The van der Waals surface area contributed by atoms with E-state index in [-0.39, 0.29) is 5.92 Å². The number of hydrogen-bond donors (Lipinski definition) is 0. The van der Waals surface area contributed by atoms with Crippen LogP contribution in [0.5, 0.6) is 5.88 Å². The van der Waals surface area contributed by atoms with Crippen LogP contribution in [0.3, 0.4) is 0 Å². The number of nitrogens with zero attached hydrogens (tertiary/aromatic N) is 2. The summed E-state index contributed by atoms with van der Waals surface area (Å²) >= 11 is 6.13. The molecule has 0 radical (unpaired) electrons. The minimum atomic E-state index is 0.239. The highest BCUT2D eigenvalue weighted by atomic mass is 35.5. The van der Waals surface area contributed by atoms with Gasteiger partial charge in [-0.05, 0) is 25.7 Å². The van der Waals surface area contributed by atoms with Gasteiger partial charge in [-0.15, -0.1) is 0 Å². The smallest absolute Gasteiger partial charge is 0.221 e. The fourth-order valence-corrected chi connectivity index (χ4v) is 2.16. The van der Waals surface area contributed by atoms with Crippen LogP contribution in [0.15, 0.2) is 0 Å². The number of aromatic nitrogens is 2. The molecule has 5 heteroatoms. The zero-order chi connectivity index (χ0) is 13.8. The minimum absolute atomic E-state index is 0.239. The average molecular weight is 285 g/mol. The highest BCUT2D eigenvalue weighted by molar-refractivity contribution is 6.30. The molecule has 1 aromatic rings. The molecule has 0 saturated carbocycles. The van der Waals surface area contributed by atoms with E-state index in [1.807, 2.05) is 20.8 Å². The van der Waals surface area contributed by atoms with Gasteiger partial charge in [-0.25, -0.2) is 4.98 Å². The maximum atomic E-state index is 6.13. The predicted molar refractivity (Wildman–Crippen MR) is 74.9 cm³/mol. The molecular formula is C14H21ClN2O2. The predicted octanol–water partition coefficient (Wildman–Crippen LogP) is 3.37. The van der Waals surface area contributed by atoms with Crippen molar-refractivity contribution in [1.82, 2.24) is 9.97 Å². The summed E-state index contributed by atoms with van der Waals surface area (Å²) in [7, 11) is 0. The second kappa shape index (κ2) is 6.53. The number of hydrogen-bond acceptors (Lipinski definition) is 4. The van der Waals surface area contributed by atoms with Gasteiger partial charge in [0.15, 0.2) is 0 Å². The largest absolute Gasteiger partial charge is 0.477 e. The van der Waals surface area contributed by atoms with Crippen molar-refractivity contribution in [2.45, 2.75) is 39.5 Å². The maximum absolute atomic E-state index is 6.13. The quantitative estimate of drug-likeness (QED) is 0.795. The van der Waals surface area contributed by atoms with Gasteiger partial charge < -0.3 is 9.47 Å². The zero-order valence-corrected chi connectivity index (χ0v) is 12.5. The molecule has 0 amide bonds. The van der Waals surface area contributed by atoms with Gasteiger partial charge in [-0.2, -0.15) is 4.98 Å². The van der Waals surface area contributed by atoms with Gasteiger partial charge in [0.1, 0.15) is 11.0 Å². The SMILES string of the molecule is Cc1c(Cl)nc(C(C)C)nc1OCC1CCOCC1. The topological polar surface area (TPSA) is 44.2 Å². The van der Waals surface area contributed by atoms with Crippen molar-refractivity contribution in [3.05, 3.63) is 16.5 Å². The molecule has 0 spiro atoms. The lowest BCUT2D eigenvalue weighted by Gasteiger charge is -2.22. The van der Waals surface area contributed by atoms with Gasteiger partial charge in [-0.3, -0.25) is 0 Å². The molecule has 4 nitrogen and oxygen atoms in total. The molecule has 19 heavy (non-hydrogen) atoms. The Hall–Kier alpha value is -0.870. The summed E-state index contributed by atoms with van der Waals surface area (Å²) in [5.41, 5.74) is 0.818. The van der Waals surface area contributed by atoms with Crippen LogP contribution in [-0.4, -0.2) is 29.8 Å². The molecule has 106 valence electrons. The van der Waals surface area contributed by atoms with E-state index >= 15 is 0 Å². The normalized spacial score (nSPS) is 16.9. The lowest BCUT2D eigenvalue weighted by atomic mass is 10.0. The summed E-state index contributed by atoms with van der Waals surface area (Å²) in [4.78, 5) is 8.75. The first-order chi connectivity index (χ1) is 9.08. The van der Waals surface area contributed by atoms with Gasteiger partial charge in [0.25, 0.3) is 0 Å². The third-order valence-corrected chi connectivity index (χ3v) is 3.74. The van der Waals surface area contributed by atoms with E-state index in [0.29, 0.717) is 23.6 Å².